The summed E-state index contributed by atoms with van der Waals surface area (Å²) in [5.41, 5.74) is 19.8. The molecule has 82 heavy (non-hydrogen) atoms. The fourth-order valence-electron chi connectivity index (χ4n) is 13.4. The summed E-state index contributed by atoms with van der Waals surface area (Å²) >= 11 is 1.86. The molecule has 1 aliphatic carbocycles. The van der Waals surface area contributed by atoms with E-state index >= 15 is 0 Å². The van der Waals surface area contributed by atoms with Crippen LogP contribution < -0.4 is 19.3 Å². The van der Waals surface area contributed by atoms with Gasteiger partial charge in [0, 0.05) is 76.8 Å². The minimum Gasteiger partial charge on any atom is -0.497 e. The van der Waals surface area contributed by atoms with Crippen molar-refractivity contribution in [2.24, 2.45) is 0 Å². The third-order valence-corrected chi connectivity index (χ3v) is 18.1. The molecule has 0 fully saturated rings. The predicted molar refractivity (Wildman–Crippen MR) is 339 cm³/mol. The van der Waals surface area contributed by atoms with Gasteiger partial charge in [0.15, 0.2) is 0 Å². The number of rotatable bonds is 10. The second-order valence-corrected chi connectivity index (χ2v) is 22.2. The van der Waals surface area contributed by atoms with Crippen molar-refractivity contribution in [1.29, 1.82) is 0 Å². The van der Waals surface area contributed by atoms with Crippen molar-refractivity contribution in [2.75, 3.05) is 24.0 Å². The predicted octanol–water partition coefficient (Wildman–Crippen LogP) is 19.7. The van der Waals surface area contributed by atoms with Crippen LogP contribution in [0.2, 0.25) is 0 Å². The van der Waals surface area contributed by atoms with Gasteiger partial charge in [-0.15, -0.1) is 0 Å². The summed E-state index contributed by atoms with van der Waals surface area (Å²) in [5.74, 6) is 1.61. The molecule has 0 saturated carbocycles. The summed E-state index contributed by atoms with van der Waals surface area (Å²) < 4.78 is 16.3. The molecule has 12 aromatic carbocycles. The van der Waals surface area contributed by atoms with Gasteiger partial charge in [-0.25, -0.2) is 0 Å². The van der Waals surface area contributed by atoms with Crippen LogP contribution >= 0.6 is 11.8 Å². The Labute approximate surface area is 479 Å². The SMILES string of the molecule is COc1ccc(N(c2ccc3c(c2)C2(c4ccccc4Sc4ccccc42)c2cc(N(c4ccc(OC)cc4)c4ccc5c6ccccc6n(-c6ccccc6)c5c4)ccc2-3)c2ccc3c4ccccc4n(-c4ccccc4)c3c2)cc1. The minimum atomic E-state index is -0.709. The molecule has 0 saturated heterocycles. The van der Waals surface area contributed by atoms with Crippen molar-refractivity contribution < 1.29 is 9.47 Å². The average Bonchev–Trinajstić information content (AvgIpc) is 2.44. The number of para-hydroxylation sites is 4. The zero-order valence-electron chi connectivity index (χ0n) is 45.1. The highest BCUT2D eigenvalue weighted by Crippen LogP contribution is 2.63. The minimum absolute atomic E-state index is 0.709. The van der Waals surface area contributed by atoms with Crippen LogP contribution in [0.4, 0.5) is 34.1 Å². The van der Waals surface area contributed by atoms with E-state index in [1.165, 1.54) is 75.7 Å². The van der Waals surface area contributed by atoms with Crippen LogP contribution in [-0.4, -0.2) is 23.4 Å². The van der Waals surface area contributed by atoms with E-state index in [0.717, 1.165) is 68.0 Å². The first-order chi connectivity index (χ1) is 40.6. The number of fused-ring (bicyclic) bond motifs is 15. The molecule has 0 radical (unpaired) electrons. The molecule has 3 heterocycles. The van der Waals surface area contributed by atoms with E-state index in [1.54, 1.807) is 14.2 Å². The van der Waals surface area contributed by atoms with Crippen molar-refractivity contribution in [3.05, 3.63) is 301 Å². The number of methoxy groups -OCH3 is 2. The molecule has 2 aliphatic rings. The van der Waals surface area contributed by atoms with E-state index in [-0.39, 0.29) is 0 Å². The van der Waals surface area contributed by atoms with Gasteiger partial charge in [-0.3, -0.25) is 0 Å². The number of nitrogens with zero attached hydrogens (tertiary/aromatic N) is 4. The Morgan fingerprint density at radius 2 is 0.659 bits per heavy atom. The third-order valence-electron chi connectivity index (χ3n) is 16.9. The van der Waals surface area contributed by atoms with Gasteiger partial charge < -0.3 is 28.4 Å². The van der Waals surface area contributed by atoms with E-state index in [0.29, 0.717) is 0 Å². The zero-order chi connectivity index (χ0) is 54.5. The summed E-state index contributed by atoms with van der Waals surface area (Å²) in [6.45, 7) is 0. The van der Waals surface area contributed by atoms with E-state index in [1.807, 2.05) is 11.8 Å². The van der Waals surface area contributed by atoms with Crippen LogP contribution in [0, 0.1) is 0 Å². The normalized spacial score (nSPS) is 12.8. The quantitative estimate of drug-likeness (QED) is 0.136. The maximum atomic E-state index is 5.77. The van der Waals surface area contributed by atoms with Gasteiger partial charge in [-0.2, -0.15) is 0 Å². The lowest BCUT2D eigenvalue weighted by Gasteiger charge is -2.40. The molecule has 0 amide bonds. The van der Waals surface area contributed by atoms with Crippen molar-refractivity contribution in [3.63, 3.8) is 0 Å². The van der Waals surface area contributed by atoms with Crippen LogP contribution in [0.15, 0.2) is 289 Å². The first kappa shape index (κ1) is 47.8. The fraction of sp³-hybridized carbons (Fsp3) is 0.0400. The van der Waals surface area contributed by atoms with Crippen molar-refractivity contribution in [2.45, 2.75) is 15.2 Å². The highest BCUT2D eigenvalue weighted by Gasteiger charge is 2.51. The molecule has 0 N–H and O–H groups in total. The van der Waals surface area contributed by atoms with E-state index in [9.17, 15) is 0 Å². The van der Waals surface area contributed by atoms with Gasteiger partial charge >= 0.3 is 0 Å². The van der Waals surface area contributed by atoms with Crippen LogP contribution in [0.5, 0.6) is 11.5 Å². The standard InChI is InChI=1S/C75H52N4O2S/c1-80-57-37-29-51(30-38-57)76(55-35-43-63-61-21-9-13-25-69(61)78(71(63)47-55)49-17-5-3-6-18-49)53-33-41-59-60-42-34-54(46-68(60)75(67(59)45-53)65-23-11-15-27-73(65)82-74-28-16-12-24-66(74)75)77(52-31-39-58(81-2)40-32-52)56-36-44-64-62-22-10-14-26-70(62)79(72(64)48-56)50-19-7-4-8-20-50/h3-48H,1-2H3. The summed E-state index contributed by atoms with van der Waals surface area (Å²) in [7, 11) is 3.45. The third kappa shape index (κ3) is 7.23. The molecule has 14 aromatic rings. The second kappa shape index (κ2) is 19.0. The van der Waals surface area contributed by atoms with Crippen LogP contribution in [0.3, 0.4) is 0 Å². The van der Waals surface area contributed by atoms with Crippen molar-refractivity contribution in [1.82, 2.24) is 9.13 Å². The monoisotopic (exact) mass is 1070 g/mol. The molecule has 6 nitrogen and oxygen atoms in total. The maximum Gasteiger partial charge on any atom is 0.119 e. The van der Waals surface area contributed by atoms with Crippen LogP contribution in [0.25, 0.3) is 66.1 Å². The lowest BCUT2D eigenvalue weighted by molar-refractivity contribution is 0.414. The summed E-state index contributed by atoms with van der Waals surface area (Å²) in [5, 5.41) is 4.84. The van der Waals surface area contributed by atoms with Crippen LogP contribution in [-0.2, 0) is 5.41 Å². The van der Waals surface area contributed by atoms with Crippen molar-refractivity contribution >= 4 is 89.5 Å². The Morgan fingerprint density at radius 3 is 1.10 bits per heavy atom. The number of hydrogen-bond donors (Lipinski definition) is 0. The van der Waals surface area contributed by atoms with Gasteiger partial charge in [0.1, 0.15) is 11.5 Å². The summed E-state index contributed by atoms with van der Waals surface area (Å²) in [6, 6.07) is 102. The lowest BCUT2D eigenvalue weighted by atomic mass is 9.67. The molecule has 2 aromatic heterocycles. The van der Waals surface area contributed by atoms with Crippen molar-refractivity contribution in [3.8, 4) is 34.0 Å². The smallest absolute Gasteiger partial charge is 0.119 e. The summed E-state index contributed by atoms with van der Waals surface area (Å²) in [6.07, 6.45) is 0. The molecule has 7 heteroatoms. The number of ether oxygens (including phenoxy) is 2. The lowest BCUT2D eigenvalue weighted by Crippen LogP contribution is -2.32. The molecular formula is C75H52N4O2S. The molecule has 0 unspecified atom stereocenters. The van der Waals surface area contributed by atoms with E-state index < -0.39 is 5.41 Å². The largest absolute Gasteiger partial charge is 0.497 e. The molecule has 0 atom stereocenters. The topological polar surface area (TPSA) is 34.8 Å². The Morgan fingerprint density at radius 1 is 0.305 bits per heavy atom. The Bertz CT molecular complexity index is 4510. The maximum absolute atomic E-state index is 5.77. The molecule has 0 bridgehead atoms. The van der Waals surface area contributed by atoms with Gasteiger partial charge in [0.05, 0.1) is 41.7 Å². The highest BCUT2D eigenvalue weighted by molar-refractivity contribution is 7.99. The van der Waals surface area contributed by atoms with Gasteiger partial charge in [-0.1, -0.05) is 145 Å². The molecule has 1 spiro atoms. The Balaban J connectivity index is 0.937. The van der Waals surface area contributed by atoms with E-state index in [2.05, 4.69) is 298 Å². The molecule has 390 valence electrons. The number of benzene rings is 12. The number of hydrogen-bond acceptors (Lipinski definition) is 5. The van der Waals surface area contributed by atoms with E-state index in [4.69, 9.17) is 9.47 Å². The first-order valence-electron chi connectivity index (χ1n) is 27.8. The van der Waals surface area contributed by atoms with Gasteiger partial charge in [-0.05, 0) is 179 Å². The highest BCUT2D eigenvalue weighted by atomic mass is 32.2. The first-order valence-corrected chi connectivity index (χ1v) is 28.6. The second-order valence-electron chi connectivity index (χ2n) is 21.2. The number of aromatic nitrogens is 2. The molecule has 1 aliphatic heterocycles. The molecular weight excluding hydrogens is 1020 g/mol. The Kier molecular flexibility index (Phi) is 11.1. The van der Waals surface area contributed by atoms with Gasteiger partial charge in [0.2, 0.25) is 0 Å². The Hall–Kier alpha value is -10.2. The molecule has 16 rings (SSSR count). The van der Waals surface area contributed by atoms with Crippen LogP contribution in [0.1, 0.15) is 22.3 Å². The zero-order valence-corrected chi connectivity index (χ0v) is 45.9. The average molecular weight is 1070 g/mol. The number of anilines is 6. The fourth-order valence-corrected chi connectivity index (χ4v) is 14.6. The summed E-state index contributed by atoms with van der Waals surface area (Å²) in [4.78, 5) is 7.32. The van der Waals surface area contributed by atoms with Gasteiger partial charge in [0.25, 0.3) is 0 Å².